The number of anilines is 1. The fourth-order valence-electron chi connectivity index (χ4n) is 5.81. The van der Waals surface area contributed by atoms with Crippen molar-refractivity contribution in [1.82, 2.24) is 25.2 Å². The molecule has 3 aromatic rings. The second-order valence-electron chi connectivity index (χ2n) is 10.0. The number of hydrogen-bond donors (Lipinski definition) is 2. The number of nitrogens with zero attached hydrogens (tertiary/aromatic N) is 4. The third-order valence-electron chi connectivity index (χ3n) is 7.90. The molecule has 6 rings (SSSR count). The van der Waals surface area contributed by atoms with Gasteiger partial charge < -0.3 is 10.6 Å². The molecule has 3 aliphatic heterocycles. The molecule has 2 bridgehead atoms. The van der Waals surface area contributed by atoms with Gasteiger partial charge in [-0.25, -0.2) is 14.8 Å². The first kappa shape index (κ1) is 24.4. The van der Waals surface area contributed by atoms with Crippen molar-refractivity contribution in [3.63, 3.8) is 0 Å². The highest BCUT2D eigenvalue weighted by Crippen LogP contribution is 2.42. The number of rotatable bonds is 8. The molecule has 7 nitrogen and oxygen atoms in total. The molecule has 4 unspecified atom stereocenters. The molecule has 7 heteroatoms. The Morgan fingerprint density at radius 3 is 2.56 bits per heavy atom. The summed E-state index contributed by atoms with van der Waals surface area (Å²) in [6.07, 6.45) is 8.00. The highest BCUT2D eigenvalue weighted by Gasteiger charge is 2.41. The molecular formula is C29H36N6O. The van der Waals surface area contributed by atoms with E-state index in [2.05, 4.69) is 40.4 Å². The number of fused-ring (bicyclic) bond motifs is 3. The van der Waals surface area contributed by atoms with Crippen molar-refractivity contribution >= 4 is 11.7 Å². The Hall–Kier alpha value is -3.32. The minimum atomic E-state index is -0.145. The second-order valence-corrected chi connectivity index (χ2v) is 10.0. The molecule has 2 amide bonds. The SMILES string of the molecule is CCC(CC)c1cc(C2CN3CCC2CC3CNC(=O)Nc2ccccc2)nc(-c2ccncc2)n1. The number of carbonyl (C=O) groups excluding carboxylic acids is 1. The van der Waals surface area contributed by atoms with Crippen molar-refractivity contribution in [2.45, 2.75) is 57.4 Å². The number of nitrogens with one attached hydrogen (secondary N) is 2. The van der Waals surface area contributed by atoms with Gasteiger partial charge in [0.25, 0.3) is 0 Å². The Balaban J connectivity index is 1.30. The Labute approximate surface area is 213 Å². The molecule has 2 aromatic heterocycles. The van der Waals surface area contributed by atoms with Gasteiger partial charge in [0.1, 0.15) is 0 Å². The zero-order chi connectivity index (χ0) is 24.9. The van der Waals surface area contributed by atoms with Crippen LogP contribution in [0.4, 0.5) is 10.5 Å². The zero-order valence-electron chi connectivity index (χ0n) is 21.2. The van der Waals surface area contributed by atoms with Crippen LogP contribution in [0.3, 0.4) is 0 Å². The maximum Gasteiger partial charge on any atom is 0.319 e. The number of carbonyl (C=O) groups is 1. The van der Waals surface area contributed by atoms with Crippen LogP contribution in [-0.4, -0.2) is 51.6 Å². The molecule has 0 radical (unpaired) electrons. The average Bonchev–Trinajstić information content (AvgIpc) is 2.94. The number of amides is 2. The van der Waals surface area contributed by atoms with Crippen molar-refractivity contribution in [3.05, 3.63) is 72.3 Å². The summed E-state index contributed by atoms with van der Waals surface area (Å²) < 4.78 is 0. The van der Waals surface area contributed by atoms with Crippen molar-refractivity contribution in [1.29, 1.82) is 0 Å². The Bertz CT molecular complexity index is 1150. The van der Waals surface area contributed by atoms with Crippen LogP contribution in [0.2, 0.25) is 0 Å². The quantitative estimate of drug-likeness (QED) is 0.445. The highest BCUT2D eigenvalue weighted by molar-refractivity contribution is 5.89. The molecule has 3 fully saturated rings. The fraction of sp³-hybridized carbons (Fsp3) is 0.448. The van der Waals surface area contributed by atoms with E-state index in [1.165, 1.54) is 12.1 Å². The molecule has 0 saturated carbocycles. The molecule has 36 heavy (non-hydrogen) atoms. The topological polar surface area (TPSA) is 83.0 Å². The van der Waals surface area contributed by atoms with Crippen LogP contribution in [0.15, 0.2) is 60.9 Å². The van der Waals surface area contributed by atoms with E-state index in [4.69, 9.17) is 9.97 Å². The zero-order valence-corrected chi connectivity index (χ0v) is 21.2. The molecule has 0 spiro atoms. The summed E-state index contributed by atoms with van der Waals surface area (Å²) in [7, 11) is 0. The van der Waals surface area contributed by atoms with E-state index in [0.717, 1.165) is 55.1 Å². The number of para-hydroxylation sites is 1. The van der Waals surface area contributed by atoms with Gasteiger partial charge in [-0.2, -0.15) is 0 Å². The van der Waals surface area contributed by atoms with Crippen LogP contribution in [0.5, 0.6) is 0 Å². The van der Waals surface area contributed by atoms with Gasteiger partial charge in [-0.1, -0.05) is 32.0 Å². The predicted molar refractivity (Wildman–Crippen MR) is 143 cm³/mol. The van der Waals surface area contributed by atoms with Gasteiger partial charge in [0.15, 0.2) is 5.82 Å². The molecule has 188 valence electrons. The van der Waals surface area contributed by atoms with E-state index in [1.54, 1.807) is 0 Å². The predicted octanol–water partition coefficient (Wildman–Crippen LogP) is 5.44. The van der Waals surface area contributed by atoms with Crippen molar-refractivity contribution < 1.29 is 4.79 Å². The second kappa shape index (κ2) is 11.2. The molecule has 0 aliphatic carbocycles. The summed E-state index contributed by atoms with van der Waals surface area (Å²) >= 11 is 0. The minimum absolute atomic E-state index is 0.145. The van der Waals surface area contributed by atoms with Crippen LogP contribution in [-0.2, 0) is 0 Å². The maximum atomic E-state index is 12.4. The van der Waals surface area contributed by atoms with Gasteiger partial charge in [-0.15, -0.1) is 0 Å². The van der Waals surface area contributed by atoms with E-state index in [-0.39, 0.29) is 6.03 Å². The fourth-order valence-corrected chi connectivity index (χ4v) is 5.81. The van der Waals surface area contributed by atoms with Crippen LogP contribution in [0.25, 0.3) is 11.4 Å². The standard InChI is InChI=1S/C29H36N6O/c1-3-20(4-2)26-17-27(34-28(33-26)21-10-13-30-14-11-21)25-19-35-15-12-22(25)16-24(35)18-31-29(36)32-23-8-6-5-7-9-23/h5-11,13-14,17,20,22,24-25H,3-4,12,15-16,18-19H2,1-2H3,(H2,31,32,36). The number of benzene rings is 1. The Morgan fingerprint density at radius 2 is 1.86 bits per heavy atom. The number of aromatic nitrogens is 3. The highest BCUT2D eigenvalue weighted by atomic mass is 16.2. The van der Waals surface area contributed by atoms with E-state index in [1.807, 2.05) is 54.9 Å². The van der Waals surface area contributed by atoms with Crippen molar-refractivity contribution in [3.8, 4) is 11.4 Å². The van der Waals surface area contributed by atoms with Crippen molar-refractivity contribution in [2.24, 2.45) is 5.92 Å². The van der Waals surface area contributed by atoms with Crippen LogP contribution in [0.1, 0.15) is 62.8 Å². The molecule has 3 aliphatic rings. The number of urea groups is 1. The summed E-state index contributed by atoms with van der Waals surface area (Å²) in [6.45, 7) is 7.19. The third kappa shape index (κ3) is 5.41. The van der Waals surface area contributed by atoms with Crippen LogP contribution >= 0.6 is 0 Å². The maximum absolute atomic E-state index is 12.4. The normalized spacial score (nSPS) is 23.0. The lowest BCUT2D eigenvalue weighted by Gasteiger charge is -2.49. The minimum Gasteiger partial charge on any atom is -0.336 e. The Morgan fingerprint density at radius 1 is 1.08 bits per heavy atom. The molecule has 4 atom stereocenters. The summed E-state index contributed by atoms with van der Waals surface area (Å²) in [5.74, 6) is 2.20. The largest absolute Gasteiger partial charge is 0.336 e. The number of piperidine rings is 3. The summed E-state index contributed by atoms with van der Waals surface area (Å²) in [4.78, 5) is 29.2. The first-order valence-electron chi connectivity index (χ1n) is 13.3. The summed E-state index contributed by atoms with van der Waals surface area (Å²) in [5, 5.41) is 6.01. The molecule has 1 aromatic carbocycles. The van der Waals surface area contributed by atoms with E-state index in [9.17, 15) is 4.79 Å². The van der Waals surface area contributed by atoms with Gasteiger partial charge in [-0.05, 0) is 68.5 Å². The third-order valence-corrected chi connectivity index (χ3v) is 7.90. The van der Waals surface area contributed by atoms with Gasteiger partial charge in [0.2, 0.25) is 0 Å². The van der Waals surface area contributed by atoms with E-state index < -0.39 is 0 Å². The molecular weight excluding hydrogens is 448 g/mol. The monoisotopic (exact) mass is 484 g/mol. The van der Waals surface area contributed by atoms with Gasteiger partial charge in [-0.3, -0.25) is 9.88 Å². The molecule has 3 saturated heterocycles. The van der Waals surface area contributed by atoms with E-state index >= 15 is 0 Å². The smallest absolute Gasteiger partial charge is 0.319 e. The first-order valence-corrected chi connectivity index (χ1v) is 13.3. The molecule has 2 N–H and O–H groups in total. The van der Waals surface area contributed by atoms with E-state index in [0.29, 0.717) is 30.3 Å². The number of pyridine rings is 1. The molecule has 5 heterocycles. The van der Waals surface area contributed by atoms with Gasteiger partial charge >= 0.3 is 6.03 Å². The summed E-state index contributed by atoms with van der Waals surface area (Å²) in [5.41, 5.74) is 4.15. The van der Waals surface area contributed by atoms with Crippen LogP contribution < -0.4 is 10.6 Å². The van der Waals surface area contributed by atoms with Crippen LogP contribution in [0, 0.1) is 5.92 Å². The number of hydrogen-bond acceptors (Lipinski definition) is 5. The first-order chi connectivity index (χ1) is 17.6. The lowest BCUT2D eigenvalue weighted by atomic mass is 9.74. The lowest BCUT2D eigenvalue weighted by molar-refractivity contribution is 0.0307. The van der Waals surface area contributed by atoms with Gasteiger partial charge in [0.05, 0.1) is 0 Å². The van der Waals surface area contributed by atoms with Crippen molar-refractivity contribution in [2.75, 3.05) is 25.0 Å². The average molecular weight is 485 g/mol. The van der Waals surface area contributed by atoms with Gasteiger partial charge in [0, 0.05) is 66.0 Å². The lowest BCUT2D eigenvalue weighted by Crippen LogP contribution is -2.56. The summed E-state index contributed by atoms with van der Waals surface area (Å²) in [6, 6.07) is 16.1. The Kier molecular flexibility index (Phi) is 7.56.